The molecule has 2 rings (SSSR count). The van der Waals surface area contributed by atoms with Crippen molar-refractivity contribution in [3.63, 3.8) is 0 Å². The zero-order valence-corrected chi connectivity index (χ0v) is 8.74. The van der Waals surface area contributed by atoms with Crippen molar-refractivity contribution in [1.29, 1.82) is 0 Å². The predicted octanol–water partition coefficient (Wildman–Crippen LogP) is 0.266. The molecule has 3 atom stereocenters. The van der Waals surface area contributed by atoms with Crippen LogP contribution in [-0.2, 0) is 16.0 Å². The van der Waals surface area contributed by atoms with E-state index in [1.807, 2.05) is 30.3 Å². The summed E-state index contributed by atoms with van der Waals surface area (Å²) in [5, 5.41) is 18.7. The molecule has 1 saturated heterocycles. The van der Waals surface area contributed by atoms with Gasteiger partial charge in [-0.1, -0.05) is 30.3 Å². The molecule has 16 heavy (non-hydrogen) atoms. The van der Waals surface area contributed by atoms with Gasteiger partial charge in [-0.25, -0.2) is 4.79 Å². The Hall–Kier alpha value is -1.39. The maximum absolute atomic E-state index is 11.0. The second-order valence-electron chi connectivity index (χ2n) is 3.94. The van der Waals surface area contributed by atoms with E-state index in [0.29, 0.717) is 12.8 Å². The highest BCUT2D eigenvalue weighted by Crippen LogP contribution is 2.20. The lowest BCUT2D eigenvalue weighted by molar-refractivity contribution is -0.147. The number of esters is 1. The van der Waals surface area contributed by atoms with Crippen LogP contribution in [0.25, 0.3) is 0 Å². The van der Waals surface area contributed by atoms with E-state index in [0.717, 1.165) is 5.56 Å². The Balaban J connectivity index is 1.90. The molecule has 1 aliphatic rings. The van der Waals surface area contributed by atoms with Crippen molar-refractivity contribution < 1.29 is 19.7 Å². The van der Waals surface area contributed by atoms with Gasteiger partial charge in [0.2, 0.25) is 0 Å². The quantitative estimate of drug-likeness (QED) is 0.720. The molecule has 2 N–H and O–H groups in total. The van der Waals surface area contributed by atoms with E-state index in [-0.39, 0.29) is 0 Å². The molecule has 1 aliphatic heterocycles. The number of carbonyl (C=O) groups is 1. The number of rotatable bonds is 3. The van der Waals surface area contributed by atoms with Gasteiger partial charge in [-0.05, 0) is 18.4 Å². The summed E-state index contributed by atoms with van der Waals surface area (Å²) in [4.78, 5) is 11.0. The maximum atomic E-state index is 11.0. The first-order valence-corrected chi connectivity index (χ1v) is 5.29. The summed E-state index contributed by atoms with van der Waals surface area (Å²) in [6.07, 6.45) is -1.85. The second kappa shape index (κ2) is 4.63. The lowest BCUT2D eigenvalue weighted by atomic mass is 10.0. The van der Waals surface area contributed by atoms with Gasteiger partial charge in [0.15, 0.2) is 6.10 Å². The Morgan fingerprint density at radius 2 is 1.88 bits per heavy atom. The standard InChI is InChI=1S/C12H14O4/c13-10-9(16-12(15)11(10)14)7-6-8-4-2-1-3-5-8/h1-5,9-11,13-14H,6-7H2/t9-,10+,11+/m1/s1. The number of aliphatic hydroxyl groups excluding tert-OH is 2. The highest BCUT2D eigenvalue weighted by atomic mass is 16.6. The molecule has 1 aromatic rings. The molecular weight excluding hydrogens is 208 g/mol. The summed E-state index contributed by atoms with van der Waals surface area (Å²) in [5.74, 6) is -0.731. The van der Waals surface area contributed by atoms with Crippen LogP contribution in [0.15, 0.2) is 30.3 Å². The van der Waals surface area contributed by atoms with Crippen molar-refractivity contribution in [2.24, 2.45) is 0 Å². The molecule has 0 unspecified atom stereocenters. The van der Waals surface area contributed by atoms with E-state index < -0.39 is 24.3 Å². The van der Waals surface area contributed by atoms with Gasteiger partial charge in [0.1, 0.15) is 12.2 Å². The fraction of sp³-hybridized carbons (Fsp3) is 0.417. The molecule has 1 fully saturated rings. The van der Waals surface area contributed by atoms with E-state index in [4.69, 9.17) is 4.74 Å². The highest BCUT2D eigenvalue weighted by Gasteiger charge is 2.41. The number of carbonyl (C=O) groups excluding carboxylic acids is 1. The van der Waals surface area contributed by atoms with Crippen LogP contribution in [0.2, 0.25) is 0 Å². The smallest absolute Gasteiger partial charge is 0.338 e. The van der Waals surface area contributed by atoms with Crippen LogP contribution in [0.1, 0.15) is 12.0 Å². The number of aryl methyl sites for hydroxylation is 1. The Labute approximate surface area is 93.5 Å². The fourth-order valence-corrected chi connectivity index (χ4v) is 1.81. The molecule has 1 aromatic carbocycles. The Bertz CT molecular complexity index is 363. The van der Waals surface area contributed by atoms with E-state index in [1.54, 1.807) is 0 Å². The molecule has 0 aliphatic carbocycles. The predicted molar refractivity (Wildman–Crippen MR) is 56.7 cm³/mol. The van der Waals surface area contributed by atoms with Crippen molar-refractivity contribution in [3.05, 3.63) is 35.9 Å². The normalized spacial score (nSPS) is 29.1. The van der Waals surface area contributed by atoms with Crippen molar-refractivity contribution in [2.75, 3.05) is 0 Å². The monoisotopic (exact) mass is 222 g/mol. The molecule has 0 radical (unpaired) electrons. The molecule has 4 nitrogen and oxygen atoms in total. The van der Waals surface area contributed by atoms with Gasteiger partial charge in [-0.2, -0.15) is 0 Å². The number of aliphatic hydroxyl groups is 2. The Kier molecular flexibility index (Phi) is 3.22. The van der Waals surface area contributed by atoms with Crippen LogP contribution >= 0.6 is 0 Å². The molecule has 1 heterocycles. The topological polar surface area (TPSA) is 66.8 Å². The van der Waals surface area contributed by atoms with E-state index in [9.17, 15) is 15.0 Å². The minimum Gasteiger partial charge on any atom is -0.457 e. The summed E-state index contributed by atoms with van der Waals surface area (Å²) in [5.41, 5.74) is 1.12. The average Bonchev–Trinajstić information content (AvgIpc) is 2.56. The van der Waals surface area contributed by atoms with Gasteiger partial charge in [0.05, 0.1) is 0 Å². The highest BCUT2D eigenvalue weighted by molar-refractivity contribution is 5.77. The van der Waals surface area contributed by atoms with Crippen LogP contribution in [0.3, 0.4) is 0 Å². The van der Waals surface area contributed by atoms with Crippen LogP contribution < -0.4 is 0 Å². The number of hydrogen-bond acceptors (Lipinski definition) is 4. The van der Waals surface area contributed by atoms with Crippen LogP contribution in [0, 0.1) is 0 Å². The van der Waals surface area contributed by atoms with Crippen LogP contribution in [0.5, 0.6) is 0 Å². The lowest BCUT2D eigenvalue weighted by Gasteiger charge is -2.12. The lowest BCUT2D eigenvalue weighted by Crippen LogP contribution is -2.31. The zero-order valence-electron chi connectivity index (χ0n) is 8.74. The van der Waals surface area contributed by atoms with Gasteiger partial charge in [-0.15, -0.1) is 0 Å². The van der Waals surface area contributed by atoms with Gasteiger partial charge in [-0.3, -0.25) is 0 Å². The van der Waals surface area contributed by atoms with Crippen molar-refractivity contribution in [3.8, 4) is 0 Å². The van der Waals surface area contributed by atoms with Gasteiger partial charge < -0.3 is 14.9 Å². The van der Waals surface area contributed by atoms with Crippen molar-refractivity contribution >= 4 is 5.97 Å². The Morgan fingerprint density at radius 3 is 2.44 bits per heavy atom. The third kappa shape index (κ3) is 2.23. The molecule has 4 heteroatoms. The third-order valence-corrected chi connectivity index (χ3v) is 2.77. The SMILES string of the molecule is O=C1O[C@H](CCc2ccccc2)[C@H](O)[C@@H]1O. The first-order valence-electron chi connectivity index (χ1n) is 5.29. The minimum atomic E-state index is -1.39. The average molecular weight is 222 g/mol. The largest absolute Gasteiger partial charge is 0.457 e. The number of ether oxygens (including phenoxy) is 1. The van der Waals surface area contributed by atoms with Crippen LogP contribution in [-0.4, -0.2) is 34.5 Å². The zero-order chi connectivity index (χ0) is 11.5. The fourth-order valence-electron chi connectivity index (χ4n) is 1.81. The number of hydrogen-bond donors (Lipinski definition) is 2. The van der Waals surface area contributed by atoms with E-state index in [1.165, 1.54) is 0 Å². The van der Waals surface area contributed by atoms with Crippen molar-refractivity contribution in [1.82, 2.24) is 0 Å². The summed E-state index contributed by atoms with van der Waals surface area (Å²) in [7, 11) is 0. The van der Waals surface area contributed by atoms with Gasteiger partial charge in [0, 0.05) is 0 Å². The maximum Gasteiger partial charge on any atom is 0.338 e. The van der Waals surface area contributed by atoms with Crippen molar-refractivity contribution in [2.45, 2.75) is 31.2 Å². The molecule has 0 spiro atoms. The van der Waals surface area contributed by atoms with Gasteiger partial charge >= 0.3 is 5.97 Å². The molecule has 0 amide bonds. The minimum absolute atomic E-state index is 0.522. The summed E-state index contributed by atoms with van der Waals surface area (Å²) >= 11 is 0. The van der Waals surface area contributed by atoms with E-state index in [2.05, 4.69) is 0 Å². The number of benzene rings is 1. The molecule has 0 aromatic heterocycles. The molecule has 86 valence electrons. The summed E-state index contributed by atoms with van der Waals surface area (Å²) in [6.45, 7) is 0. The molecule has 0 bridgehead atoms. The Morgan fingerprint density at radius 1 is 1.19 bits per heavy atom. The summed E-state index contributed by atoms with van der Waals surface area (Å²) in [6, 6.07) is 9.74. The molecular formula is C12H14O4. The first kappa shape index (κ1) is 11.1. The van der Waals surface area contributed by atoms with Crippen LogP contribution in [0.4, 0.5) is 0 Å². The summed E-state index contributed by atoms with van der Waals surface area (Å²) < 4.78 is 4.87. The second-order valence-corrected chi connectivity index (χ2v) is 3.94. The van der Waals surface area contributed by atoms with E-state index >= 15 is 0 Å². The number of cyclic esters (lactones) is 1. The third-order valence-electron chi connectivity index (χ3n) is 2.77. The van der Waals surface area contributed by atoms with Gasteiger partial charge in [0.25, 0.3) is 0 Å². The molecule has 0 saturated carbocycles. The first-order chi connectivity index (χ1) is 7.68.